The second kappa shape index (κ2) is 7.42. The van der Waals surface area contributed by atoms with Gasteiger partial charge in [-0.05, 0) is 30.9 Å². The average molecular weight is 377 g/mol. The van der Waals surface area contributed by atoms with Gasteiger partial charge in [-0.15, -0.1) is 24.0 Å². The van der Waals surface area contributed by atoms with Crippen LogP contribution in [0.2, 0.25) is 0 Å². The Kier molecular flexibility index (Phi) is 6.20. The zero-order valence-electron chi connectivity index (χ0n) is 11.2. The molecule has 1 fully saturated rings. The fourth-order valence-corrected chi connectivity index (χ4v) is 1.63. The van der Waals surface area contributed by atoms with Crippen LogP contribution in [0.1, 0.15) is 12.8 Å². The SMILES string of the molecule is COc1ccc(NC(N)=NCC2CC2)cc1OC.I. The Morgan fingerprint density at radius 3 is 2.58 bits per heavy atom. The minimum atomic E-state index is 0. The lowest BCUT2D eigenvalue weighted by molar-refractivity contribution is 0.355. The third-order valence-corrected chi connectivity index (χ3v) is 2.87. The predicted molar refractivity (Wildman–Crippen MR) is 87.8 cm³/mol. The number of nitrogens with two attached hydrogens (primary N) is 1. The minimum absolute atomic E-state index is 0. The summed E-state index contributed by atoms with van der Waals surface area (Å²) in [6.45, 7) is 0.812. The zero-order chi connectivity index (χ0) is 13.0. The number of anilines is 1. The van der Waals surface area contributed by atoms with Crippen molar-refractivity contribution >= 4 is 35.6 Å². The highest BCUT2D eigenvalue weighted by atomic mass is 127. The van der Waals surface area contributed by atoms with Crippen LogP contribution in [0, 0.1) is 5.92 Å². The van der Waals surface area contributed by atoms with Crippen LogP contribution in [-0.2, 0) is 0 Å². The van der Waals surface area contributed by atoms with Gasteiger partial charge in [0, 0.05) is 18.3 Å². The molecule has 5 nitrogen and oxygen atoms in total. The van der Waals surface area contributed by atoms with Crippen LogP contribution in [0.3, 0.4) is 0 Å². The van der Waals surface area contributed by atoms with E-state index in [9.17, 15) is 0 Å². The van der Waals surface area contributed by atoms with Crippen LogP contribution in [0.4, 0.5) is 5.69 Å². The van der Waals surface area contributed by atoms with Crippen LogP contribution >= 0.6 is 24.0 Å². The summed E-state index contributed by atoms with van der Waals surface area (Å²) in [7, 11) is 3.21. The van der Waals surface area contributed by atoms with Crippen LogP contribution in [0.15, 0.2) is 23.2 Å². The molecule has 19 heavy (non-hydrogen) atoms. The van der Waals surface area contributed by atoms with Crippen molar-refractivity contribution in [2.45, 2.75) is 12.8 Å². The smallest absolute Gasteiger partial charge is 0.193 e. The Balaban J connectivity index is 0.00000180. The van der Waals surface area contributed by atoms with Gasteiger partial charge in [-0.2, -0.15) is 0 Å². The van der Waals surface area contributed by atoms with Gasteiger partial charge in [0.1, 0.15) is 0 Å². The molecule has 1 aromatic rings. The van der Waals surface area contributed by atoms with Gasteiger partial charge in [-0.25, -0.2) is 0 Å². The van der Waals surface area contributed by atoms with E-state index in [0.717, 1.165) is 18.2 Å². The van der Waals surface area contributed by atoms with E-state index in [1.165, 1.54) is 12.8 Å². The number of nitrogens with one attached hydrogen (secondary N) is 1. The molecule has 0 bridgehead atoms. The number of aliphatic imine (C=N–C) groups is 1. The molecule has 0 atom stereocenters. The first-order chi connectivity index (χ1) is 8.72. The molecular weight excluding hydrogens is 357 g/mol. The van der Waals surface area contributed by atoms with E-state index >= 15 is 0 Å². The van der Waals surface area contributed by atoms with E-state index in [1.807, 2.05) is 18.2 Å². The van der Waals surface area contributed by atoms with Crippen molar-refractivity contribution in [1.29, 1.82) is 0 Å². The summed E-state index contributed by atoms with van der Waals surface area (Å²) < 4.78 is 10.4. The summed E-state index contributed by atoms with van der Waals surface area (Å²) in [6.07, 6.45) is 2.54. The normalized spacial score (nSPS) is 14.5. The lowest BCUT2D eigenvalue weighted by Gasteiger charge is -2.10. The molecule has 1 aromatic carbocycles. The maximum Gasteiger partial charge on any atom is 0.193 e. The molecule has 1 aliphatic carbocycles. The first-order valence-electron chi connectivity index (χ1n) is 6.02. The molecule has 0 amide bonds. The fraction of sp³-hybridized carbons (Fsp3) is 0.462. The van der Waals surface area contributed by atoms with Gasteiger partial charge in [0.15, 0.2) is 17.5 Å². The molecule has 0 aliphatic heterocycles. The summed E-state index contributed by atoms with van der Waals surface area (Å²) in [5, 5.41) is 3.04. The number of rotatable bonds is 5. The average Bonchev–Trinajstić information content (AvgIpc) is 3.20. The third-order valence-electron chi connectivity index (χ3n) is 2.87. The van der Waals surface area contributed by atoms with Crippen molar-refractivity contribution in [1.82, 2.24) is 0 Å². The van der Waals surface area contributed by atoms with Crippen LogP contribution in [-0.4, -0.2) is 26.7 Å². The molecular formula is C13H20IN3O2. The first kappa shape index (κ1) is 15.9. The van der Waals surface area contributed by atoms with Crippen molar-refractivity contribution in [2.75, 3.05) is 26.1 Å². The largest absolute Gasteiger partial charge is 0.493 e. The van der Waals surface area contributed by atoms with E-state index in [-0.39, 0.29) is 24.0 Å². The number of hydrogen-bond acceptors (Lipinski definition) is 3. The van der Waals surface area contributed by atoms with E-state index in [4.69, 9.17) is 15.2 Å². The third kappa shape index (κ3) is 4.77. The van der Waals surface area contributed by atoms with E-state index in [2.05, 4.69) is 10.3 Å². The highest BCUT2D eigenvalue weighted by Crippen LogP contribution is 2.30. The molecule has 0 heterocycles. The van der Waals surface area contributed by atoms with Crippen LogP contribution in [0.25, 0.3) is 0 Å². The Hall–Kier alpha value is -1.18. The molecule has 106 valence electrons. The molecule has 1 saturated carbocycles. The molecule has 1 aliphatic rings. The van der Waals surface area contributed by atoms with Crippen LogP contribution in [0.5, 0.6) is 11.5 Å². The molecule has 6 heteroatoms. The number of halogens is 1. The van der Waals surface area contributed by atoms with Gasteiger partial charge in [0.25, 0.3) is 0 Å². The molecule has 2 rings (SSSR count). The van der Waals surface area contributed by atoms with Crippen molar-refractivity contribution in [3.05, 3.63) is 18.2 Å². The van der Waals surface area contributed by atoms with Gasteiger partial charge >= 0.3 is 0 Å². The highest BCUT2D eigenvalue weighted by Gasteiger charge is 2.20. The Morgan fingerprint density at radius 2 is 2.00 bits per heavy atom. The molecule has 0 spiro atoms. The van der Waals surface area contributed by atoms with E-state index < -0.39 is 0 Å². The van der Waals surface area contributed by atoms with Gasteiger partial charge in [-0.1, -0.05) is 0 Å². The number of nitrogens with zero attached hydrogens (tertiary/aromatic N) is 1. The summed E-state index contributed by atoms with van der Waals surface area (Å²) in [5.41, 5.74) is 6.65. The predicted octanol–water partition coefficient (Wildman–Crippen LogP) is 2.46. The summed E-state index contributed by atoms with van der Waals surface area (Å²) in [6, 6.07) is 5.54. The fourth-order valence-electron chi connectivity index (χ4n) is 1.63. The van der Waals surface area contributed by atoms with Crippen molar-refractivity contribution in [3.63, 3.8) is 0 Å². The number of benzene rings is 1. The number of ether oxygens (including phenoxy) is 2. The quantitative estimate of drug-likeness (QED) is 0.470. The maximum atomic E-state index is 5.81. The summed E-state index contributed by atoms with van der Waals surface area (Å²) in [4.78, 5) is 4.29. The van der Waals surface area contributed by atoms with Crippen LogP contribution < -0.4 is 20.5 Å². The van der Waals surface area contributed by atoms with Gasteiger partial charge in [-0.3, -0.25) is 4.99 Å². The van der Waals surface area contributed by atoms with Crippen molar-refractivity contribution in [2.24, 2.45) is 16.6 Å². The zero-order valence-corrected chi connectivity index (χ0v) is 13.5. The summed E-state index contributed by atoms with van der Waals surface area (Å²) >= 11 is 0. The molecule has 0 aromatic heterocycles. The first-order valence-corrected chi connectivity index (χ1v) is 6.02. The lowest BCUT2D eigenvalue weighted by atomic mass is 10.3. The Labute approximate surface area is 130 Å². The summed E-state index contributed by atoms with van der Waals surface area (Å²) in [5.74, 6) is 2.53. The number of methoxy groups -OCH3 is 2. The number of hydrogen-bond donors (Lipinski definition) is 2. The second-order valence-corrected chi connectivity index (χ2v) is 4.36. The lowest BCUT2D eigenvalue weighted by Crippen LogP contribution is -2.23. The Morgan fingerprint density at radius 1 is 1.32 bits per heavy atom. The molecule has 3 N–H and O–H groups in total. The van der Waals surface area contributed by atoms with E-state index in [0.29, 0.717) is 17.5 Å². The van der Waals surface area contributed by atoms with Crippen molar-refractivity contribution < 1.29 is 9.47 Å². The highest BCUT2D eigenvalue weighted by molar-refractivity contribution is 14.0. The van der Waals surface area contributed by atoms with Gasteiger partial charge < -0.3 is 20.5 Å². The molecule has 0 unspecified atom stereocenters. The second-order valence-electron chi connectivity index (χ2n) is 4.36. The molecule has 0 saturated heterocycles. The topological polar surface area (TPSA) is 68.9 Å². The molecule has 0 radical (unpaired) electrons. The van der Waals surface area contributed by atoms with Gasteiger partial charge in [0.05, 0.1) is 14.2 Å². The number of guanidine groups is 1. The van der Waals surface area contributed by atoms with Gasteiger partial charge in [0.2, 0.25) is 0 Å². The minimum Gasteiger partial charge on any atom is -0.493 e. The monoisotopic (exact) mass is 377 g/mol. The maximum absolute atomic E-state index is 5.81. The standard InChI is InChI=1S/C13H19N3O2.HI/c1-17-11-6-5-10(7-12(11)18-2)16-13(14)15-8-9-3-4-9;/h5-7,9H,3-4,8H2,1-2H3,(H3,14,15,16);1H. The van der Waals surface area contributed by atoms with E-state index in [1.54, 1.807) is 14.2 Å². The van der Waals surface area contributed by atoms with Crippen molar-refractivity contribution in [3.8, 4) is 11.5 Å². The Bertz CT molecular complexity index is 448.